The van der Waals surface area contributed by atoms with E-state index in [0.717, 1.165) is 19.6 Å². The van der Waals surface area contributed by atoms with E-state index in [1.807, 2.05) is 6.92 Å². The molecule has 1 aliphatic heterocycles. The van der Waals surface area contributed by atoms with Gasteiger partial charge in [0, 0.05) is 19.6 Å². The molecular formula is C10H16ClN5. The van der Waals surface area contributed by atoms with Crippen molar-refractivity contribution in [2.24, 2.45) is 5.92 Å². The average Bonchev–Trinajstić information content (AvgIpc) is 2.64. The summed E-state index contributed by atoms with van der Waals surface area (Å²) in [5.41, 5.74) is 0. The van der Waals surface area contributed by atoms with Gasteiger partial charge in [-0.2, -0.15) is 15.0 Å². The van der Waals surface area contributed by atoms with Crippen molar-refractivity contribution in [3.8, 4) is 0 Å². The Morgan fingerprint density at radius 2 is 2.25 bits per heavy atom. The molecule has 1 aromatic heterocycles. The number of hydrogen-bond donors (Lipinski definition) is 1. The molecule has 0 aromatic carbocycles. The van der Waals surface area contributed by atoms with Crippen molar-refractivity contribution in [3.63, 3.8) is 0 Å². The Balaban J connectivity index is 2.20. The maximum absolute atomic E-state index is 5.87. The fourth-order valence-corrected chi connectivity index (χ4v) is 1.99. The third-order valence-corrected chi connectivity index (χ3v) is 2.81. The molecule has 1 N–H and O–H groups in total. The first-order valence-electron chi connectivity index (χ1n) is 5.59. The van der Waals surface area contributed by atoms with E-state index in [1.54, 1.807) is 0 Å². The molecule has 88 valence electrons. The third-order valence-electron chi connectivity index (χ3n) is 2.64. The van der Waals surface area contributed by atoms with Crippen molar-refractivity contribution in [3.05, 3.63) is 5.28 Å². The van der Waals surface area contributed by atoms with Crippen LogP contribution in [0.3, 0.4) is 0 Å². The Bertz CT molecular complexity index is 370. The summed E-state index contributed by atoms with van der Waals surface area (Å²) < 4.78 is 0. The van der Waals surface area contributed by atoms with E-state index in [-0.39, 0.29) is 5.28 Å². The zero-order chi connectivity index (χ0) is 11.5. The molecule has 1 saturated heterocycles. The van der Waals surface area contributed by atoms with Gasteiger partial charge in [0.25, 0.3) is 0 Å². The minimum Gasteiger partial charge on any atom is -0.354 e. The monoisotopic (exact) mass is 241 g/mol. The molecule has 0 amide bonds. The Morgan fingerprint density at radius 1 is 1.44 bits per heavy atom. The van der Waals surface area contributed by atoms with Crippen molar-refractivity contribution >= 4 is 23.5 Å². The van der Waals surface area contributed by atoms with Crippen molar-refractivity contribution in [1.29, 1.82) is 0 Å². The Kier molecular flexibility index (Phi) is 3.43. The first kappa shape index (κ1) is 11.4. The van der Waals surface area contributed by atoms with Gasteiger partial charge in [-0.15, -0.1) is 0 Å². The van der Waals surface area contributed by atoms with Crippen molar-refractivity contribution in [2.45, 2.75) is 20.3 Å². The van der Waals surface area contributed by atoms with E-state index >= 15 is 0 Å². The molecule has 1 atom stereocenters. The zero-order valence-electron chi connectivity index (χ0n) is 9.57. The highest BCUT2D eigenvalue weighted by Crippen LogP contribution is 2.21. The van der Waals surface area contributed by atoms with E-state index in [2.05, 4.69) is 32.1 Å². The molecule has 1 fully saturated rings. The second kappa shape index (κ2) is 4.82. The largest absolute Gasteiger partial charge is 0.354 e. The van der Waals surface area contributed by atoms with Gasteiger partial charge in [-0.3, -0.25) is 0 Å². The molecule has 5 nitrogen and oxygen atoms in total. The summed E-state index contributed by atoms with van der Waals surface area (Å²) in [6.45, 7) is 6.98. The van der Waals surface area contributed by atoms with Crippen LogP contribution in [0, 0.1) is 5.92 Å². The van der Waals surface area contributed by atoms with E-state index in [0.29, 0.717) is 17.8 Å². The maximum Gasteiger partial charge on any atom is 0.231 e. The molecule has 16 heavy (non-hydrogen) atoms. The molecule has 0 saturated carbocycles. The molecular weight excluding hydrogens is 226 g/mol. The van der Waals surface area contributed by atoms with E-state index in [9.17, 15) is 0 Å². The van der Waals surface area contributed by atoms with Gasteiger partial charge in [-0.1, -0.05) is 6.92 Å². The molecule has 0 radical (unpaired) electrons. The van der Waals surface area contributed by atoms with Crippen LogP contribution in [0.2, 0.25) is 5.28 Å². The summed E-state index contributed by atoms with van der Waals surface area (Å²) in [4.78, 5) is 14.7. The second-order valence-electron chi connectivity index (χ2n) is 4.10. The summed E-state index contributed by atoms with van der Waals surface area (Å²) in [5.74, 6) is 1.93. The van der Waals surface area contributed by atoms with Gasteiger partial charge in [0.05, 0.1) is 0 Å². The second-order valence-corrected chi connectivity index (χ2v) is 4.44. The highest BCUT2D eigenvalue weighted by molar-refractivity contribution is 6.28. The minimum atomic E-state index is 0.250. The number of aromatic nitrogens is 3. The van der Waals surface area contributed by atoms with Crippen LogP contribution >= 0.6 is 11.6 Å². The molecule has 2 rings (SSSR count). The Labute approximate surface area is 100 Å². The number of rotatable bonds is 3. The lowest BCUT2D eigenvalue weighted by atomic mass is 10.2. The SMILES string of the molecule is CCNc1nc(Cl)nc(N2CCC(C)C2)n1. The lowest BCUT2D eigenvalue weighted by Crippen LogP contribution is -2.22. The van der Waals surface area contributed by atoms with Gasteiger partial charge in [0.1, 0.15) is 0 Å². The number of halogens is 1. The molecule has 0 aliphatic carbocycles. The molecule has 1 unspecified atom stereocenters. The quantitative estimate of drug-likeness (QED) is 0.875. The fourth-order valence-electron chi connectivity index (χ4n) is 1.83. The maximum atomic E-state index is 5.87. The van der Waals surface area contributed by atoms with Gasteiger partial charge < -0.3 is 10.2 Å². The molecule has 1 aliphatic rings. The first-order chi connectivity index (χ1) is 7.69. The van der Waals surface area contributed by atoms with Crippen molar-refractivity contribution < 1.29 is 0 Å². The fraction of sp³-hybridized carbons (Fsp3) is 0.700. The van der Waals surface area contributed by atoms with E-state index in [1.165, 1.54) is 6.42 Å². The van der Waals surface area contributed by atoms with Crippen LogP contribution in [0.1, 0.15) is 20.3 Å². The Hall–Kier alpha value is -1.10. The molecule has 2 heterocycles. The number of anilines is 2. The molecule has 6 heteroatoms. The number of nitrogens with zero attached hydrogens (tertiary/aromatic N) is 4. The van der Waals surface area contributed by atoms with Crippen molar-refractivity contribution in [2.75, 3.05) is 29.9 Å². The highest BCUT2D eigenvalue weighted by Gasteiger charge is 2.21. The highest BCUT2D eigenvalue weighted by atomic mass is 35.5. The van der Waals surface area contributed by atoms with E-state index < -0.39 is 0 Å². The minimum absolute atomic E-state index is 0.250. The van der Waals surface area contributed by atoms with Crippen LogP contribution in [0.15, 0.2) is 0 Å². The lowest BCUT2D eigenvalue weighted by Gasteiger charge is -2.16. The summed E-state index contributed by atoms with van der Waals surface area (Å²) in [5, 5.41) is 3.30. The Morgan fingerprint density at radius 3 is 2.88 bits per heavy atom. The van der Waals surface area contributed by atoms with Crippen molar-refractivity contribution in [1.82, 2.24) is 15.0 Å². The summed E-state index contributed by atoms with van der Waals surface area (Å²) in [7, 11) is 0. The zero-order valence-corrected chi connectivity index (χ0v) is 10.3. The van der Waals surface area contributed by atoms with Crippen LogP contribution in [0.5, 0.6) is 0 Å². The predicted octanol–water partition coefficient (Wildman–Crippen LogP) is 1.80. The van der Waals surface area contributed by atoms with Gasteiger partial charge >= 0.3 is 0 Å². The van der Waals surface area contributed by atoms with E-state index in [4.69, 9.17) is 11.6 Å². The predicted molar refractivity (Wildman–Crippen MR) is 65.0 cm³/mol. The van der Waals surface area contributed by atoms with Gasteiger partial charge in [0.2, 0.25) is 17.2 Å². The van der Waals surface area contributed by atoms with Gasteiger partial charge in [-0.05, 0) is 30.9 Å². The topological polar surface area (TPSA) is 53.9 Å². The normalized spacial score (nSPS) is 20.2. The summed E-state index contributed by atoms with van der Waals surface area (Å²) in [6, 6.07) is 0. The van der Waals surface area contributed by atoms with Crippen LogP contribution in [-0.4, -0.2) is 34.6 Å². The smallest absolute Gasteiger partial charge is 0.231 e. The average molecular weight is 242 g/mol. The van der Waals surface area contributed by atoms with Crippen LogP contribution < -0.4 is 10.2 Å². The first-order valence-corrected chi connectivity index (χ1v) is 5.97. The molecule has 1 aromatic rings. The van der Waals surface area contributed by atoms with Crippen LogP contribution in [0.25, 0.3) is 0 Å². The third kappa shape index (κ3) is 2.52. The lowest BCUT2D eigenvalue weighted by molar-refractivity contribution is 0.658. The van der Waals surface area contributed by atoms with Gasteiger partial charge in [-0.25, -0.2) is 0 Å². The van der Waals surface area contributed by atoms with Gasteiger partial charge in [0.15, 0.2) is 0 Å². The van der Waals surface area contributed by atoms with Crippen LogP contribution in [0.4, 0.5) is 11.9 Å². The molecule has 0 bridgehead atoms. The van der Waals surface area contributed by atoms with Crippen LogP contribution in [-0.2, 0) is 0 Å². The molecule has 0 spiro atoms. The summed E-state index contributed by atoms with van der Waals surface area (Å²) >= 11 is 5.87. The number of nitrogens with one attached hydrogen (secondary N) is 1. The summed E-state index contributed by atoms with van der Waals surface area (Å²) in [6.07, 6.45) is 1.18. The standard InChI is InChI=1S/C10H16ClN5/c1-3-12-9-13-8(11)14-10(15-9)16-5-4-7(2)6-16/h7H,3-6H2,1-2H3,(H,12,13,14,15). The number of hydrogen-bond acceptors (Lipinski definition) is 5.